The van der Waals surface area contributed by atoms with E-state index in [1.165, 1.54) is 12.4 Å². The molecule has 3 rings (SSSR count). The number of aliphatic hydroxyl groups excluding tert-OH is 1. The first-order valence-electron chi connectivity index (χ1n) is 10.3. The number of carbonyl (C=O) groups is 1. The fourth-order valence-electron chi connectivity index (χ4n) is 3.70. The van der Waals surface area contributed by atoms with Crippen molar-refractivity contribution in [2.45, 2.75) is 50.1 Å². The van der Waals surface area contributed by atoms with Gasteiger partial charge in [0.25, 0.3) is 5.91 Å². The number of nitrogens with zero attached hydrogens (tertiary/aromatic N) is 1. The molecule has 0 aliphatic carbocycles. The van der Waals surface area contributed by atoms with Crippen molar-refractivity contribution >= 4 is 21.5 Å². The maximum absolute atomic E-state index is 12.2. The van der Waals surface area contributed by atoms with Gasteiger partial charge in [0, 0.05) is 19.1 Å². The van der Waals surface area contributed by atoms with Crippen molar-refractivity contribution in [3.8, 4) is 11.1 Å². The third kappa shape index (κ3) is 5.17. The van der Waals surface area contributed by atoms with Crippen LogP contribution in [0.1, 0.15) is 37.8 Å². The van der Waals surface area contributed by atoms with Crippen LogP contribution in [0.3, 0.4) is 0 Å². The van der Waals surface area contributed by atoms with Crippen LogP contribution >= 0.6 is 0 Å². The van der Waals surface area contributed by atoms with Crippen molar-refractivity contribution in [1.29, 1.82) is 0 Å². The van der Waals surface area contributed by atoms with Gasteiger partial charge < -0.3 is 9.94 Å². The molecule has 0 radical (unpaired) electrons. The molecule has 3 atom stereocenters. The van der Waals surface area contributed by atoms with Gasteiger partial charge in [-0.15, -0.1) is 0 Å². The Morgan fingerprint density at radius 2 is 1.69 bits per heavy atom. The molecule has 0 saturated heterocycles. The molecule has 3 unspecified atom stereocenters. The van der Waals surface area contributed by atoms with E-state index in [1.807, 2.05) is 48.5 Å². The van der Waals surface area contributed by atoms with Crippen LogP contribution in [0.5, 0.6) is 0 Å². The molecule has 9 heteroatoms. The van der Waals surface area contributed by atoms with E-state index in [0.717, 1.165) is 28.5 Å². The summed E-state index contributed by atoms with van der Waals surface area (Å²) in [5.74, 6) is -0.999. The highest BCUT2D eigenvalue weighted by Crippen LogP contribution is 2.30. The van der Waals surface area contributed by atoms with Gasteiger partial charge in [0.15, 0.2) is 14.6 Å². The van der Waals surface area contributed by atoms with Crippen molar-refractivity contribution in [3.05, 3.63) is 59.7 Å². The second-order valence-electron chi connectivity index (χ2n) is 8.45. The first-order chi connectivity index (χ1) is 15.0. The normalized spacial score (nSPS) is 18.9. The summed E-state index contributed by atoms with van der Waals surface area (Å²) in [5, 5.41) is 22.6. The summed E-state index contributed by atoms with van der Waals surface area (Å²) in [6.07, 6.45) is 0.779. The average Bonchev–Trinajstić information content (AvgIpc) is 3.21. The predicted octanol–water partition coefficient (Wildman–Crippen LogP) is 2.47. The second kappa shape index (κ2) is 9.40. The Morgan fingerprint density at radius 3 is 2.19 bits per heavy atom. The van der Waals surface area contributed by atoms with E-state index in [9.17, 15) is 18.3 Å². The van der Waals surface area contributed by atoms with Crippen LogP contribution in [0.2, 0.25) is 0 Å². The lowest BCUT2D eigenvalue weighted by molar-refractivity contribution is -0.132. The summed E-state index contributed by atoms with van der Waals surface area (Å²) >= 11 is 0. The number of hydroxylamine groups is 1. The topological polar surface area (TPSA) is 125 Å². The van der Waals surface area contributed by atoms with E-state index in [-0.39, 0.29) is 12.5 Å². The zero-order chi connectivity index (χ0) is 23.5. The molecule has 1 heterocycles. The highest BCUT2D eigenvalue weighted by molar-refractivity contribution is 7.92. The number of sulfone groups is 1. The van der Waals surface area contributed by atoms with Gasteiger partial charge in [-0.3, -0.25) is 10.0 Å². The Bertz CT molecular complexity index is 1090. The minimum absolute atomic E-state index is 0.137. The lowest BCUT2D eigenvalue weighted by Crippen LogP contribution is -2.51. The highest BCUT2D eigenvalue weighted by Gasteiger charge is 2.47. The van der Waals surface area contributed by atoms with Crippen molar-refractivity contribution < 1.29 is 28.4 Å². The smallest absolute Gasteiger partial charge is 0.264 e. The maximum atomic E-state index is 12.2. The summed E-state index contributed by atoms with van der Waals surface area (Å²) in [7, 11) is -3.81. The van der Waals surface area contributed by atoms with Crippen LogP contribution in [0.25, 0.3) is 11.1 Å². The van der Waals surface area contributed by atoms with Gasteiger partial charge in [0.05, 0.1) is 11.8 Å². The Morgan fingerprint density at radius 1 is 1.16 bits per heavy atom. The Labute approximate surface area is 187 Å². The molecule has 2 aromatic carbocycles. The maximum Gasteiger partial charge on any atom is 0.264 e. The number of benzene rings is 2. The fourth-order valence-corrected chi connectivity index (χ4v) is 4.57. The van der Waals surface area contributed by atoms with Gasteiger partial charge in [-0.25, -0.2) is 13.9 Å². The molecule has 1 aliphatic heterocycles. The third-order valence-corrected chi connectivity index (χ3v) is 7.78. The Hall–Kier alpha value is -2.75. The Balaban J connectivity index is 1.68. The van der Waals surface area contributed by atoms with Crippen LogP contribution in [0, 0.1) is 0 Å². The summed E-state index contributed by atoms with van der Waals surface area (Å²) in [4.78, 5) is 17.4. The van der Waals surface area contributed by atoms with Gasteiger partial charge in [-0.2, -0.15) is 0 Å². The number of hydrogen-bond donors (Lipinski definition) is 3. The van der Waals surface area contributed by atoms with Crippen LogP contribution in [0.15, 0.2) is 53.7 Å². The van der Waals surface area contributed by atoms with E-state index in [2.05, 4.69) is 5.16 Å². The molecule has 3 N–H and O–H groups in total. The van der Waals surface area contributed by atoms with Crippen LogP contribution in [-0.4, -0.2) is 53.6 Å². The number of rotatable bonds is 8. The van der Waals surface area contributed by atoms with E-state index in [4.69, 9.17) is 10.0 Å². The minimum Gasteiger partial charge on any atom is -0.393 e. The summed E-state index contributed by atoms with van der Waals surface area (Å²) in [5.41, 5.74) is 6.09. The highest BCUT2D eigenvalue weighted by atomic mass is 32.2. The molecule has 1 aliphatic rings. The number of oxime groups is 1. The average molecular weight is 461 g/mol. The van der Waals surface area contributed by atoms with E-state index < -0.39 is 26.6 Å². The third-order valence-electron chi connectivity index (χ3n) is 5.79. The molecule has 0 saturated carbocycles. The molecule has 0 bridgehead atoms. The molecule has 32 heavy (non-hydrogen) atoms. The zero-order valence-electron chi connectivity index (χ0n) is 18.3. The first-order valence-corrected chi connectivity index (χ1v) is 12.2. The quantitative estimate of drug-likeness (QED) is 0.411. The van der Waals surface area contributed by atoms with Crippen molar-refractivity contribution in [2.24, 2.45) is 5.16 Å². The summed E-state index contributed by atoms with van der Waals surface area (Å²) < 4.78 is 22.5. The number of carbonyl (C=O) groups excluding carboxylic acids is 1. The van der Waals surface area contributed by atoms with Gasteiger partial charge in [0.2, 0.25) is 0 Å². The zero-order valence-corrected chi connectivity index (χ0v) is 19.1. The van der Waals surface area contributed by atoms with Gasteiger partial charge in [0.1, 0.15) is 6.10 Å². The van der Waals surface area contributed by atoms with Crippen molar-refractivity contribution in [2.75, 3.05) is 6.26 Å². The molecule has 0 aromatic heterocycles. The summed E-state index contributed by atoms with van der Waals surface area (Å²) in [6.45, 7) is 3.02. The minimum atomic E-state index is -3.81. The van der Waals surface area contributed by atoms with Crippen LogP contribution < -0.4 is 5.48 Å². The lowest BCUT2D eigenvalue weighted by atomic mass is 9.95. The molecule has 0 fully saturated rings. The summed E-state index contributed by atoms with van der Waals surface area (Å²) in [6, 6.07) is 15.8. The van der Waals surface area contributed by atoms with Gasteiger partial charge >= 0.3 is 0 Å². The van der Waals surface area contributed by atoms with Crippen molar-refractivity contribution in [1.82, 2.24) is 5.48 Å². The SMILES string of the molecule is CC(O)Cc1ccc(-c2ccc(C3=NOC(CC(C)(C(=O)NO)S(C)(=O)=O)C3)cc2)cc1. The monoisotopic (exact) mass is 460 g/mol. The Kier molecular flexibility index (Phi) is 7.02. The van der Waals surface area contributed by atoms with Gasteiger partial charge in [-0.05, 0) is 42.5 Å². The molecule has 172 valence electrons. The molecule has 8 nitrogen and oxygen atoms in total. The number of amides is 1. The molecular formula is C23H28N2O6S. The van der Waals surface area contributed by atoms with Crippen LogP contribution in [-0.2, 0) is 25.9 Å². The second-order valence-corrected chi connectivity index (χ2v) is 10.9. The molecular weight excluding hydrogens is 432 g/mol. The number of hydrogen-bond acceptors (Lipinski definition) is 7. The van der Waals surface area contributed by atoms with E-state index in [0.29, 0.717) is 18.6 Å². The predicted molar refractivity (Wildman–Crippen MR) is 121 cm³/mol. The first kappa shape index (κ1) is 23.9. The van der Waals surface area contributed by atoms with Gasteiger partial charge in [-0.1, -0.05) is 53.7 Å². The van der Waals surface area contributed by atoms with E-state index >= 15 is 0 Å². The van der Waals surface area contributed by atoms with E-state index in [1.54, 1.807) is 6.92 Å². The molecule has 1 amide bonds. The lowest BCUT2D eigenvalue weighted by Gasteiger charge is -2.26. The number of nitrogens with one attached hydrogen (secondary N) is 1. The molecule has 0 spiro atoms. The number of aliphatic hydroxyl groups is 1. The standard InChI is InChI=1S/C23H28N2O6S/c1-15(26)12-16-4-6-17(7-5-16)18-8-10-19(11-9-18)21-13-20(31-25-21)14-23(2,22(27)24-28)32(3,29)30/h4-11,15,20,26,28H,12-14H2,1-3H3,(H,24,27). The fraction of sp³-hybridized carbons (Fsp3) is 0.391. The van der Waals surface area contributed by atoms with Crippen LogP contribution in [0.4, 0.5) is 0 Å². The van der Waals surface area contributed by atoms with Crippen molar-refractivity contribution in [3.63, 3.8) is 0 Å². The largest absolute Gasteiger partial charge is 0.393 e. The molecule has 2 aromatic rings.